The molecule has 2 amide bonds. The standard InChI is InChI=1S/C20H28N2O2/c23-19(21-18-8-4-5-9-18)22-12-10-20(11-13-22)14-17(15-24-20)16-6-2-1-3-7-16/h1-3,6-7,17-18H,4-5,8-15H2,(H,21,23)/t17-/m0/s1. The van der Waals surface area contributed by atoms with Crippen molar-refractivity contribution in [3.8, 4) is 0 Å². The largest absolute Gasteiger partial charge is 0.374 e. The van der Waals surface area contributed by atoms with E-state index in [0.29, 0.717) is 12.0 Å². The first kappa shape index (κ1) is 15.9. The molecule has 2 aliphatic heterocycles. The number of hydrogen-bond acceptors (Lipinski definition) is 2. The number of ether oxygens (including phenoxy) is 1. The second kappa shape index (κ2) is 6.75. The second-order valence-electron chi connectivity index (χ2n) is 7.72. The fraction of sp³-hybridized carbons (Fsp3) is 0.650. The van der Waals surface area contributed by atoms with Crippen LogP contribution in [0.15, 0.2) is 30.3 Å². The van der Waals surface area contributed by atoms with Gasteiger partial charge in [0.1, 0.15) is 0 Å². The maximum atomic E-state index is 12.4. The van der Waals surface area contributed by atoms with Gasteiger partial charge in [0.15, 0.2) is 0 Å². The molecular weight excluding hydrogens is 300 g/mol. The van der Waals surface area contributed by atoms with Gasteiger partial charge in [-0.25, -0.2) is 4.79 Å². The fourth-order valence-electron chi connectivity index (χ4n) is 4.59. The number of amides is 2. The molecule has 0 unspecified atom stereocenters. The summed E-state index contributed by atoms with van der Waals surface area (Å²) in [6.45, 7) is 2.46. The second-order valence-corrected chi connectivity index (χ2v) is 7.72. The quantitative estimate of drug-likeness (QED) is 0.900. The number of hydrogen-bond donors (Lipinski definition) is 1. The van der Waals surface area contributed by atoms with Crippen LogP contribution in [0.4, 0.5) is 4.79 Å². The van der Waals surface area contributed by atoms with Crippen LogP contribution < -0.4 is 5.32 Å². The van der Waals surface area contributed by atoms with Crippen molar-refractivity contribution in [2.24, 2.45) is 0 Å². The van der Waals surface area contributed by atoms with Gasteiger partial charge in [0.05, 0.1) is 12.2 Å². The van der Waals surface area contributed by atoms with Crippen LogP contribution in [0, 0.1) is 0 Å². The first-order valence-corrected chi connectivity index (χ1v) is 9.48. The first-order valence-electron chi connectivity index (χ1n) is 9.48. The van der Waals surface area contributed by atoms with E-state index in [4.69, 9.17) is 4.74 Å². The Morgan fingerprint density at radius 1 is 1.12 bits per heavy atom. The molecular formula is C20H28N2O2. The third-order valence-corrected chi connectivity index (χ3v) is 6.12. The van der Waals surface area contributed by atoms with E-state index in [1.165, 1.54) is 18.4 Å². The molecule has 3 aliphatic rings. The molecule has 1 spiro atoms. The van der Waals surface area contributed by atoms with Crippen LogP contribution in [0.2, 0.25) is 0 Å². The molecule has 4 nitrogen and oxygen atoms in total. The van der Waals surface area contributed by atoms with Crippen molar-refractivity contribution < 1.29 is 9.53 Å². The molecule has 1 aromatic rings. The number of rotatable bonds is 2. The zero-order valence-electron chi connectivity index (χ0n) is 14.4. The minimum Gasteiger partial charge on any atom is -0.374 e. The molecule has 24 heavy (non-hydrogen) atoms. The SMILES string of the molecule is O=C(NC1CCCC1)N1CCC2(CC1)C[C@H](c1ccccc1)CO2. The summed E-state index contributed by atoms with van der Waals surface area (Å²) in [6, 6.07) is 11.2. The van der Waals surface area contributed by atoms with Crippen molar-refractivity contribution in [3.05, 3.63) is 35.9 Å². The fourth-order valence-corrected chi connectivity index (χ4v) is 4.59. The van der Waals surface area contributed by atoms with Gasteiger partial charge in [-0.15, -0.1) is 0 Å². The highest BCUT2D eigenvalue weighted by molar-refractivity contribution is 5.74. The van der Waals surface area contributed by atoms with Crippen molar-refractivity contribution >= 4 is 6.03 Å². The lowest BCUT2D eigenvalue weighted by atomic mass is 9.83. The van der Waals surface area contributed by atoms with E-state index >= 15 is 0 Å². The Hall–Kier alpha value is -1.55. The Labute approximate surface area is 144 Å². The molecule has 2 heterocycles. The Balaban J connectivity index is 1.30. The van der Waals surface area contributed by atoms with Gasteiger partial charge < -0.3 is 15.0 Å². The maximum absolute atomic E-state index is 12.4. The smallest absolute Gasteiger partial charge is 0.317 e. The Morgan fingerprint density at radius 2 is 1.83 bits per heavy atom. The van der Waals surface area contributed by atoms with Crippen LogP contribution in [-0.2, 0) is 4.74 Å². The van der Waals surface area contributed by atoms with Gasteiger partial charge >= 0.3 is 6.03 Å². The molecule has 3 fully saturated rings. The highest BCUT2D eigenvalue weighted by Crippen LogP contribution is 2.42. The molecule has 1 N–H and O–H groups in total. The minimum atomic E-state index is -0.00928. The normalized spacial score (nSPS) is 26.8. The van der Waals surface area contributed by atoms with Gasteiger partial charge in [0, 0.05) is 25.0 Å². The van der Waals surface area contributed by atoms with Gasteiger partial charge in [-0.1, -0.05) is 43.2 Å². The van der Waals surface area contributed by atoms with Crippen molar-refractivity contribution in [2.75, 3.05) is 19.7 Å². The van der Waals surface area contributed by atoms with Crippen LogP contribution in [0.5, 0.6) is 0 Å². The van der Waals surface area contributed by atoms with Gasteiger partial charge in [-0.05, 0) is 37.7 Å². The lowest BCUT2D eigenvalue weighted by molar-refractivity contribution is -0.0364. The van der Waals surface area contributed by atoms with Gasteiger partial charge in [-0.2, -0.15) is 0 Å². The number of benzene rings is 1. The highest BCUT2D eigenvalue weighted by Gasteiger charge is 2.43. The zero-order valence-corrected chi connectivity index (χ0v) is 14.4. The van der Waals surface area contributed by atoms with Crippen molar-refractivity contribution in [2.45, 2.75) is 62.5 Å². The summed E-state index contributed by atoms with van der Waals surface area (Å²) in [4.78, 5) is 14.4. The van der Waals surface area contributed by atoms with E-state index in [9.17, 15) is 4.79 Å². The molecule has 1 saturated carbocycles. The average Bonchev–Trinajstić information content (AvgIpc) is 3.27. The van der Waals surface area contributed by atoms with Crippen LogP contribution in [-0.4, -0.2) is 42.3 Å². The van der Waals surface area contributed by atoms with E-state index in [1.807, 2.05) is 4.90 Å². The summed E-state index contributed by atoms with van der Waals surface area (Å²) >= 11 is 0. The molecule has 1 atom stereocenters. The van der Waals surface area contributed by atoms with Gasteiger partial charge in [-0.3, -0.25) is 0 Å². The number of nitrogens with one attached hydrogen (secondary N) is 1. The zero-order chi connectivity index (χ0) is 16.4. The predicted molar refractivity (Wildman–Crippen MR) is 94.1 cm³/mol. The van der Waals surface area contributed by atoms with Crippen LogP contribution in [0.25, 0.3) is 0 Å². The summed E-state index contributed by atoms with van der Waals surface area (Å²) in [7, 11) is 0. The van der Waals surface area contributed by atoms with Crippen LogP contribution in [0.3, 0.4) is 0 Å². The number of carbonyl (C=O) groups is 1. The topological polar surface area (TPSA) is 41.6 Å². The van der Waals surface area contributed by atoms with Crippen molar-refractivity contribution in [1.82, 2.24) is 10.2 Å². The van der Waals surface area contributed by atoms with E-state index in [0.717, 1.165) is 51.8 Å². The number of urea groups is 1. The minimum absolute atomic E-state index is 0.00928. The third kappa shape index (κ3) is 3.30. The molecule has 1 aliphatic carbocycles. The predicted octanol–water partition coefficient (Wildman–Crippen LogP) is 3.68. The van der Waals surface area contributed by atoms with E-state index in [1.54, 1.807) is 0 Å². The molecule has 1 aromatic carbocycles. The van der Waals surface area contributed by atoms with Crippen molar-refractivity contribution in [1.29, 1.82) is 0 Å². The van der Waals surface area contributed by atoms with Crippen molar-refractivity contribution in [3.63, 3.8) is 0 Å². The number of nitrogens with zero attached hydrogens (tertiary/aromatic N) is 1. The molecule has 2 saturated heterocycles. The Bertz CT molecular complexity index is 560. The highest BCUT2D eigenvalue weighted by atomic mass is 16.5. The summed E-state index contributed by atoms with van der Waals surface area (Å²) in [5, 5.41) is 3.21. The van der Waals surface area contributed by atoms with Gasteiger partial charge in [0.25, 0.3) is 0 Å². The lowest BCUT2D eigenvalue weighted by Gasteiger charge is -2.39. The van der Waals surface area contributed by atoms with E-state index in [-0.39, 0.29) is 11.6 Å². The average molecular weight is 328 g/mol. The summed E-state index contributed by atoms with van der Waals surface area (Å²) in [5.74, 6) is 0.505. The van der Waals surface area contributed by atoms with E-state index in [2.05, 4.69) is 35.6 Å². The Morgan fingerprint density at radius 3 is 2.54 bits per heavy atom. The van der Waals surface area contributed by atoms with Gasteiger partial charge in [0.2, 0.25) is 0 Å². The number of piperidine rings is 1. The number of likely N-dealkylation sites (tertiary alicyclic amines) is 1. The summed E-state index contributed by atoms with van der Waals surface area (Å²) in [6.07, 6.45) is 7.82. The molecule has 4 heteroatoms. The first-order chi connectivity index (χ1) is 11.7. The summed E-state index contributed by atoms with van der Waals surface area (Å²) < 4.78 is 6.25. The molecule has 130 valence electrons. The molecule has 4 rings (SSSR count). The van der Waals surface area contributed by atoms with Crippen LogP contribution >= 0.6 is 0 Å². The molecule has 0 aromatic heterocycles. The monoisotopic (exact) mass is 328 g/mol. The lowest BCUT2D eigenvalue weighted by Crippen LogP contribution is -2.51. The molecule has 0 radical (unpaired) electrons. The third-order valence-electron chi connectivity index (χ3n) is 6.12. The van der Waals surface area contributed by atoms with Crippen LogP contribution in [0.1, 0.15) is 56.4 Å². The Kier molecular flexibility index (Phi) is 4.49. The summed E-state index contributed by atoms with van der Waals surface area (Å²) in [5.41, 5.74) is 1.38. The molecule has 0 bridgehead atoms. The number of carbonyl (C=O) groups excluding carboxylic acids is 1. The maximum Gasteiger partial charge on any atom is 0.317 e. The van der Waals surface area contributed by atoms with E-state index < -0.39 is 0 Å².